The maximum Gasteiger partial charge on any atom is 0.264 e. The Balaban J connectivity index is 0.00000192. The highest BCUT2D eigenvalue weighted by molar-refractivity contribution is 5.97. The summed E-state index contributed by atoms with van der Waals surface area (Å²) in [6.07, 6.45) is 3.15. The average molecular weight is 334 g/mol. The number of carbonyl (C=O) groups excluding carboxylic acids is 2. The molecule has 0 spiro atoms. The van der Waals surface area contributed by atoms with Crippen molar-refractivity contribution in [2.75, 3.05) is 18.6 Å². The molecule has 1 aromatic carbocycles. The molecule has 2 aromatic rings. The highest BCUT2D eigenvalue weighted by atomic mass is 35.5. The molecule has 7 heteroatoms. The number of likely N-dealkylation sites (N-methyl/N-ethyl adjacent to an activating group) is 1. The van der Waals surface area contributed by atoms with E-state index in [9.17, 15) is 9.59 Å². The number of fused-ring (bicyclic) bond motifs is 1. The Morgan fingerprint density at radius 2 is 2.04 bits per heavy atom. The number of nitrogens with zero attached hydrogens (tertiary/aromatic N) is 2. The third-order valence-electron chi connectivity index (χ3n) is 3.51. The standard InChI is InChI=1S/C16H15N3O3.ClH/c1-19-13-8-11(2-3-14(13)22-10-15(19)20)9-18-16(21)12-4-6-17-7-5-12;/h2-8H,9-10H2,1H3,(H,18,21);1H. The van der Waals surface area contributed by atoms with Crippen LogP contribution in [0, 0.1) is 0 Å². The molecule has 6 nitrogen and oxygen atoms in total. The van der Waals surface area contributed by atoms with Gasteiger partial charge in [0.2, 0.25) is 0 Å². The Morgan fingerprint density at radius 1 is 1.30 bits per heavy atom. The van der Waals surface area contributed by atoms with Gasteiger partial charge >= 0.3 is 0 Å². The fourth-order valence-electron chi connectivity index (χ4n) is 2.22. The smallest absolute Gasteiger partial charge is 0.264 e. The molecule has 0 saturated carbocycles. The number of halogens is 1. The van der Waals surface area contributed by atoms with Crippen LogP contribution in [0.1, 0.15) is 15.9 Å². The van der Waals surface area contributed by atoms with Crippen molar-refractivity contribution in [2.45, 2.75) is 6.54 Å². The molecule has 0 saturated heterocycles. The van der Waals surface area contributed by atoms with E-state index >= 15 is 0 Å². The molecule has 3 rings (SSSR count). The lowest BCUT2D eigenvalue weighted by Gasteiger charge is -2.26. The molecule has 1 aliphatic rings. The molecular formula is C16H16ClN3O3. The Bertz CT molecular complexity index is 722. The van der Waals surface area contributed by atoms with Gasteiger partial charge in [0.25, 0.3) is 11.8 Å². The molecule has 0 unspecified atom stereocenters. The molecule has 0 bridgehead atoms. The molecule has 0 aliphatic carbocycles. The minimum Gasteiger partial charge on any atom is -0.482 e. The predicted molar refractivity (Wildman–Crippen MR) is 88.0 cm³/mol. The van der Waals surface area contributed by atoms with Gasteiger partial charge in [0, 0.05) is 31.5 Å². The molecule has 23 heavy (non-hydrogen) atoms. The number of rotatable bonds is 3. The molecule has 120 valence electrons. The Kier molecular flexibility index (Phi) is 5.18. The summed E-state index contributed by atoms with van der Waals surface area (Å²) in [6, 6.07) is 8.84. The van der Waals surface area contributed by atoms with Gasteiger partial charge in [0.05, 0.1) is 5.69 Å². The Hall–Kier alpha value is -2.60. The first-order valence-corrected chi connectivity index (χ1v) is 6.85. The number of benzene rings is 1. The molecule has 1 aromatic heterocycles. The molecule has 1 aliphatic heterocycles. The highest BCUT2D eigenvalue weighted by Gasteiger charge is 2.22. The second-order valence-corrected chi connectivity index (χ2v) is 4.96. The molecule has 0 fully saturated rings. The first kappa shape index (κ1) is 16.8. The van der Waals surface area contributed by atoms with Gasteiger partial charge in [0.15, 0.2) is 6.61 Å². The lowest BCUT2D eigenvalue weighted by atomic mass is 10.1. The van der Waals surface area contributed by atoms with Gasteiger partial charge in [-0.1, -0.05) is 6.07 Å². The van der Waals surface area contributed by atoms with Crippen LogP contribution >= 0.6 is 12.4 Å². The van der Waals surface area contributed by atoms with Crippen LogP contribution in [-0.2, 0) is 11.3 Å². The fourth-order valence-corrected chi connectivity index (χ4v) is 2.22. The summed E-state index contributed by atoms with van der Waals surface area (Å²) in [5, 5.41) is 2.84. The van der Waals surface area contributed by atoms with Crippen LogP contribution in [0.5, 0.6) is 5.75 Å². The van der Waals surface area contributed by atoms with Crippen molar-refractivity contribution in [3.05, 3.63) is 53.9 Å². The van der Waals surface area contributed by atoms with E-state index in [1.54, 1.807) is 36.5 Å². The Labute approximate surface area is 139 Å². The van der Waals surface area contributed by atoms with Crippen LogP contribution in [-0.4, -0.2) is 30.5 Å². The Morgan fingerprint density at radius 3 is 2.78 bits per heavy atom. The molecule has 1 N–H and O–H groups in total. The first-order valence-electron chi connectivity index (χ1n) is 6.85. The lowest BCUT2D eigenvalue weighted by Crippen LogP contribution is -2.35. The van der Waals surface area contributed by atoms with Crippen LogP contribution in [0.25, 0.3) is 0 Å². The summed E-state index contributed by atoms with van der Waals surface area (Å²) < 4.78 is 5.37. The molecule has 0 atom stereocenters. The maximum atomic E-state index is 12.0. The van der Waals surface area contributed by atoms with Gasteiger partial charge in [0.1, 0.15) is 5.75 Å². The topological polar surface area (TPSA) is 71.5 Å². The zero-order valence-electron chi connectivity index (χ0n) is 12.5. The summed E-state index contributed by atoms with van der Waals surface area (Å²) in [6.45, 7) is 0.429. The molecule has 0 radical (unpaired) electrons. The van der Waals surface area contributed by atoms with E-state index in [2.05, 4.69) is 10.3 Å². The number of hydrogen-bond acceptors (Lipinski definition) is 4. The summed E-state index contributed by atoms with van der Waals surface area (Å²) in [5.74, 6) is 0.414. The van der Waals surface area contributed by atoms with Gasteiger partial charge in [-0.2, -0.15) is 0 Å². The largest absolute Gasteiger partial charge is 0.482 e. The van der Waals surface area contributed by atoms with E-state index in [1.807, 2.05) is 18.2 Å². The number of amides is 2. The van der Waals surface area contributed by atoms with E-state index in [0.717, 1.165) is 5.56 Å². The number of aromatic nitrogens is 1. The van der Waals surface area contributed by atoms with Crippen molar-refractivity contribution in [2.24, 2.45) is 0 Å². The van der Waals surface area contributed by atoms with Gasteiger partial charge in [-0.15, -0.1) is 12.4 Å². The van der Waals surface area contributed by atoms with Gasteiger partial charge in [-0.05, 0) is 29.8 Å². The number of pyridine rings is 1. The third kappa shape index (κ3) is 3.60. The van der Waals surface area contributed by atoms with Gasteiger partial charge in [-0.25, -0.2) is 0 Å². The van der Waals surface area contributed by atoms with E-state index in [-0.39, 0.29) is 30.8 Å². The number of ether oxygens (including phenoxy) is 1. The van der Waals surface area contributed by atoms with E-state index < -0.39 is 0 Å². The predicted octanol–water partition coefficient (Wildman–Crippen LogP) is 1.79. The monoisotopic (exact) mass is 333 g/mol. The van der Waals surface area contributed by atoms with Crippen LogP contribution in [0.2, 0.25) is 0 Å². The SMILES string of the molecule is CN1C(=O)COc2ccc(CNC(=O)c3ccncc3)cc21.Cl. The number of anilines is 1. The van der Waals surface area contributed by atoms with E-state index in [1.165, 1.54) is 0 Å². The zero-order valence-corrected chi connectivity index (χ0v) is 13.3. The van der Waals surface area contributed by atoms with Crippen molar-refractivity contribution < 1.29 is 14.3 Å². The summed E-state index contributed by atoms with van der Waals surface area (Å²) in [4.78, 5) is 29.1. The quantitative estimate of drug-likeness (QED) is 0.929. The third-order valence-corrected chi connectivity index (χ3v) is 3.51. The second-order valence-electron chi connectivity index (χ2n) is 4.96. The van der Waals surface area contributed by atoms with Gasteiger partial charge in [-0.3, -0.25) is 14.6 Å². The number of hydrogen-bond donors (Lipinski definition) is 1. The van der Waals surface area contributed by atoms with Crippen molar-refractivity contribution >= 4 is 29.9 Å². The minimum atomic E-state index is -0.166. The second kappa shape index (κ2) is 7.11. The zero-order chi connectivity index (χ0) is 15.5. The van der Waals surface area contributed by atoms with Crippen molar-refractivity contribution in [1.29, 1.82) is 0 Å². The molecular weight excluding hydrogens is 318 g/mol. The highest BCUT2D eigenvalue weighted by Crippen LogP contribution is 2.31. The average Bonchev–Trinajstić information content (AvgIpc) is 2.57. The fraction of sp³-hybridized carbons (Fsp3) is 0.188. The summed E-state index contributed by atoms with van der Waals surface area (Å²) >= 11 is 0. The number of carbonyl (C=O) groups is 2. The van der Waals surface area contributed by atoms with Crippen LogP contribution in [0.3, 0.4) is 0 Å². The van der Waals surface area contributed by atoms with Gasteiger partial charge < -0.3 is 15.0 Å². The molecule has 2 amide bonds. The van der Waals surface area contributed by atoms with Crippen LogP contribution in [0.15, 0.2) is 42.7 Å². The summed E-state index contributed by atoms with van der Waals surface area (Å²) in [7, 11) is 1.71. The van der Waals surface area contributed by atoms with Crippen molar-refractivity contribution in [3.63, 3.8) is 0 Å². The van der Waals surface area contributed by atoms with Crippen molar-refractivity contribution in [3.8, 4) is 5.75 Å². The minimum absolute atomic E-state index is 0. The van der Waals surface area contributed by atoms with Crippen LogP contribution in [0.4, 0.5) is 5.69 Å². The van der Waals surface area contributed by atoms with E-state index in [0.29, 0.717) is 23.5 Å². The number of nitrogens with one attached hydrogen (secondary N) is 1. The van der Waals surface area contributed by atoms with E-state index in [4.69, 9.17) is 4.74 Å². The van der Waals surface area contributed by atoms with Crippen molar-refractivity contribution in [1.82, 2.24) is 10.3 Å². The molecule has 2 heterocycles. The van der Waals surface area contributed by atoms with Crippen LogP contribution < -0.4 is 15.0 Å². The lowest BCUT2D eigenvalue weighted by molar-refractivity contribution is -0.120. The summed E-state index contributed by atoms with van der Waals surface area (Å²) in [5.41, 5.74) is 2.17. The normalized spacial score (nSPS) is 12.7. The first-order chi connectivity index (χ1) is 10.6. The maximum absolute atomic E-state index is 12.0.